The van der Waals surface area contributed by atoms with E-state index in [2.05, 4.69) is 37.9 Å². The Labute approximate surface area is 149 Å². The molecule has 1 N–H and O–H groups in total. The van der Waals surface area contributed by atoms with E-state index in [1.54, 1.807) is 18.3 Å². The number of anilines is 1. The van der Waals surface area contributed by atoms with E-state index in [0.717, 1.165) is 35.2 Å². The lowest BCUT2D eigenvalue weighted by Crippen LogP contribution is -2.25. The van der Waals surface area contributed by atoms with Crippen LogP contribution in [0.5, 0.6) is 5.88 Å². The van der Waals surface area contributed by atoms with Crippen LogP contribution in [0, 0.1) is 0 Å². The van der Waals surface area contributed by atoms with Crippen molar-refractivity contribution in [3.63, 3.8) is 0 Å². The van der Waals surface area contributed by atoms with E-state index in [9.17, 15) is 5.11 Å². The van der Waals surface area contributed by atoms with Crippen LogP contribution < -0.4 is 9.64 Å². The number of pyridine rings is 1. The Morgan fingerprint density at radius 3 is 3.04 bits per heavy atom. The Hall–Kier alpha value is -1.30. The number of aliphatic hydroxyl groups is 1. The number of rotatable bonds is 5. The number of aromatic nitrogens is 1. The van der Waals surface area contributed by atoms with Crippen LogP contribution in [0.3, 0.4) is 0 Å². The van der Waals surface area contributed by atoms with Crippen LogP contribution in [0.4, 0.5) is 5.69 Å². The third-order valence-electron chi connectivity index (χ3n) is 3.91. The van der Waals surface area contributed by atoms with Crippen molar-refractivity contribution in [1.82, 2.24) is 4.98 Å². The zero-order valence-electron chi connectivity index (χ0n) is 12.6. The average Bonchev–Trinajstić information content (AvgIpc) is 2.98. The van der Waals surface area contributed by atoms with E-state index in [-0.39, 0.29) is 12.7 Å². The minimum atomic E-state index is 0.0630. The molecule has 0 spiro atoms. The highest BCUT2D eigenvalue weighted by atomic mass is 79.9. The number of hydrogen-bond acceptors (Lipinski definition) is 4. The lowest BCUT2D eigenvalue weighted by atomic mass is 10.1. The zero-order chi connectivity index (χ0) is 16.2. The van der Waals surface area contributed by atoms with Gasteiger partial charge in [-0.3, -0.25) is 0 Å². The fourth-order valence-corrected chi connectivity index (χ4v) is 3.42. The Morgan fingerprint density at radius 2 is 2.26 bits per heavy atom. The molecule has 2 heterocycles. The molecule has 1 aliphatic heterocycles. The van der Waals surface area contributed by atoms with Crippen molar-refractivity contribution < 1.29 is 9.84 Å². The van der Waals surface area contributed by atoms with Gasteiger partial charge in [0, 0.05) is 35.9 Å². The van der Waals surface area contributed by atoms with Crippen LogP contribution in [0.15, 0.2) is 41.0 Å². The maximum atomic E-state index is 9.27. The summed E-state index contributed by atoms with van der Waals surface area (Å²) in [6.07, 6.45) is 3.31. The smallest absolute Gasteiger partial charge is 0.232 e. The Kier molecular flexibility index (Phi) is 5.41. The first kappa shape index (κ1) is 16.6. The zero-order valence-corrected chi connectivity index (χ0v) is 14.9. The molecule has 0 bridgehead atoms. The number of halogens is 2. The first-order chi connectivity index (χ1) is 11.2. The van der Waals surface area contributed by atoms with Gasteiger partial charge in [0.15, 0.2) is 0 Å². The predicted molar refractivity (Wildman–Crippen MR) is 95.4 cm³/mol. The highest BCUT2D eigenvalue weighted by molar-refractivity contribution is 9.10. The number of aliphatic hydroxyl groups excluding tert-OH is 1. The molecule has 0 saturated carbocycles. The summed E-state index contributed by atoms with van der Waals surface area (Å²) in [5.74, 6) is 0.493. The maximum Gasteiger partial charge on any atom is 0.232 e. The van der Waals surface area contributed by atoms with Gasteiger partial charge < -0.3 is 14.7 Å². The summed E-state index contributed by atoms with van der Waals surface area (Å²) in [4.78, 5) is 6.48. The van der Waals surface area contributed by atoms with Crippen molar-refractivity contribution in [2.24, 2.45) is 0 Å². The molecule has 3 rings (SSSR count). The second-order valence-electron chi connectivity index (χ2n) is 5.51. The number of benzene rings is 1. The highest BCUT2D eigenvalue weighted by Crippen LogP contribution is 2.30. The van der Waals surface area contributed by atoms with Crippen molar-refractivity contribution >= 4 is 33.2 Å². The Bertz CT molecular complexity index is 683. The van der Waals surface area contributed by atoms with Crippen molar-refractivity contribution in [2.45, 2.75) is 18.9 Å². The number of hydrogen-bond donors (Lipinski definition) is 1. The van der Waals surface area contributed by atoms with Crippen molar-refractivity contribution in [3.05, 3.63) is 51.6 Å². The number of ether oxygens (including phenoxy) is 1. The van der Waals surface area contributed by atoms with Crippen LogP contribution in [0.25, 0.3) is 0 Å². The third kappa shape index (κ3) is 3.97. The molecule has 1 aliphatic rings. The summed E-state index contributed by atoms with van der Waals surface area (Å²) in [7, 11) is 0. The fourth-order valence-electron chi connectivity index (χ4n) is 2.84. The summed E-state index contributed by atoms with van der Waals surface area (Å²) < 4.78 is 6.96. The normalized spacial score (nSPS) is 17.5. The van der Waals surface area contributed by atoms with Crippen molar-refractivity contribution in [1.29, 1.82) is 0 Å². The molecular formula is C17H18BrClN2O2. The second-order valence-corrected chi connectivity index (χ2v) is 6.83. The van der Waals surface area contributed by atoms with E-state index >= 15 is 0 Å². The van der Waals surface area contributed by atoms with Crippen LogP contribution in [0.2, 0.25) is 5.02 Å². The highest BCUT2D eigenvalue weighted by Gasteiger charge is 2.26. The minimum absolute atomic E-state index is 0.0630. The predicted octanol–water partition coefficient (Wildman–Crippen LogP) is 3.69. The first-order valence-electron chi connectivity index (χ1n) is 7.59. The lowest BCUT2D eigenvalue weighted by molar-refractivity contribution is 0.216. The van der Waals surface area contributed by atoms with E-state index in [0.29, 0.717) is 17.3 Å². The third-order valence-corrected chi connectivity index (χ3v) is 4.69. The molecule has 6 heteroatoms. The van der Waals surface area contributed by atoms with Gasteiger partial charge in [0.2, 0.25) is 5.88 Å². The Morgan fingerprint density at radius 1 is 1.39 bits per heavy atom. The van der Waals surface area contributed by atoms with Crippen LogP contribution >= 0.6 is 27.5 Å². The van der Waals surface area contributed by atoms with E-state index in [1.165, 1.54) is 0 Å². The average molecular weight is 398 g/mol. The SMILES string of the molecule is OCCc1cc(Br)ccc1N1CCC(Oc2ncccc2Cl)C1. The molecule has 0 radical (unpaired) electrons. The summed E-state index contributed by atoms with van der Waals surface area (Å²) in [5, 5.41) is 9.81. The van der Waals surface area contributed by atoms with Crippen LogP contribution in [-0.2, 0) is 6.42 Å². The van der Waals surface area contributed by atoms with E-state index in [4.69, 9.17) is 16.3 Å². The quantitative estimate of drug-likeness (QED) is 0.836. The molecule has 1 unspecified atom stereocenters. The molecule has 4 nitrogen and oxygen atoms in total. The van der Waals surface area contributed by atoms with Gasteiger partial charge in [-0.05, 0) is 42.3 Å². The van der Waals surface area contributed by atoms with Gasteiger partial charge in [-0.25, -0.2) is 4.98 Å². The molecule has 0 aliphatic carbocycles. The van der Waals surface area contributed by atoms with Crippen molar-refractivity contribution in [2.75, 3.05) is 24.6 Å². The van der Waals surface area contributed by atoms with Gasteiger partial charge in [0.25, 0.3) is 0 Å². The van der Waals surface area contributed by atoms with Crippen molar-refractivity contribution in [3.8, 4) is 5.88 Å². The summed E-state index contributed by atoms with van der Waals surface area (Å²) >= 11 is 9.60. The van der Waals surface area contributed by atoms with Crippen LogP contribution in [-0.4, -0.2) is 35.9 Å². The molecule has 122 valence electrons. The standard InChI is InChI=1S/C17H18BrClN2O2/c18-13-3-4-16(12(10-13)6-9-22)21-8-5-14(11-21)23-17-15(19)2-1-7-20-17/h1-4,7,10,14,22H,5-6,8-9,11H2. The Balaban J connectivity index is 1.71. The second kappa shape index (κ2) is 7.51. The van der Waals surface area contributed by atoms with Crippen LogP contribution in [0.1, 0.15) is 12.0 Å². The monoisotopic (exact) mass is 396 g/mol. The van der Waals surface area contributed by atoms with Gasteiger partial charge >= 0.3 is 0 Å². The fraction of sp³-hybridized carbons (Fsp3) is 0.353. The molecule has 1 atom stereocenters. The van der Waals surface area contributed by atoms with Gasteiger partial charge in [-0.15, -0.1) is 0 Å². The topological polar surface area (TPSA) is 45.6 Å². The number of nitrogens with zero attached hydrogens (tertiary/aromatic N) is 2. The summed E-state index contributed by atoms with van der Waals surface area (Å²) in [6, 6.07) is 9.75. The largest absolute Gasteiger partial charge is 0.471 e. The van der Waals surface area contributed by atoms with Gasteiger partial charge in [-0.2, -0.15) is 0 Å². The van der Waals surface area contributed by atoms with E-state index in [1.807, 2.05) is 6.07 Å². The van der Waals surface area contributed by atoms with Gasteiger partial charge in [-0.1, -0.05) is 27.5 Å². The maximum absolute atomic E-state index is 9.27. The molecule has 1 fully saturated rings. The molecule has 1 saturated heterocycles. The van der Waals surface area contributed by atoms with Gasteiger partial charge in [0.05, 0.1) is 6.54 Å². The van der Waals surface area contributed by atoms with Gasteiger partial charge in [0.1, 0.15) is 11.1 Å². The molecule has 2 aromatic rings. The minimum Gasteiger partial charge on any atom is -0.471 e. The summed E-state index contributed by atoms with van der Waals surface area (Å²) in [5.41, 5.74) is 2.29. The molecular weight excluding hydrogens is 380 g/mol. The molecule has 1 aromatic carbocycles. The lowest BCUT2D eigenvalue weighted by Gasteiger charge is -2.22. The first-order valence-corrected chi connectivity index (χ1v) is 8.76. The molecule has 23 heavy (non-hydrogen) atoms. The van der Waals surface area contributed by atoms with E-state index < -0.39 is 0 Å². The molecule has 1 aromatic heterocycles. The molecule has 0 amide bonds. The summed E-state index contributed by atoms with van der Waals surface area (Å²) in [6.45, 7) is 1.84.